The molecule has 3 amide bonds. The summed E-state index contributed by atoms with van der Waals surface area (Å²) in [5.41, 5.74) is 2.59. The molecular weight excluding hydrogens is 564 g/mol. The predicted octanol–water partition coefficient (Wildman–Crippen LogP) is 6.01. The molecule has 0 unspecified atom stereocenters. The number of nitrogens with zero attached hydrogens (tertiary/aromatic N) is 3. The number of fused-ring (bicyclic) bond motifs is 1. The first kappa shape index (κ1) is 30.6. The maximum Gasteiger partial charge on any atom is 0.471 e. The standard InChI is InChI=1S/C32H36F4N4O3/c1-2-13-40-20-25(28-23(7-6-8-27(28)40)29(41)38-14-4-3-5-15-38)30(42)39-16-11-22(12-17-39)24-18-21(9-10-26(24)33)19-37-31(43)32(34,35)36/h6-10,18,20,22H,2-5,11-17,19H2,1H3,(H,37,43). The molecule has 0 spiro atoms. The summed E-state index contributed by atoms with van der Waals surface area (Å²) in [4.78, 5) is 42.4. The number of rotatable bonds is 7. The molecule has 2 saturated heterocycles. The molecule has 3 heterocycles. The lowest BCUT2D eigenvalue weighted by atomic mass is 9.88. The highest BCUT2D eigenvalue weighted by atomic mass is 19.4. The molecule has 3 aromatic rings. The summed E-state index contributed by atoms with van der Waals surface area (Å²) in [6.07, 6.45) is 1.67. The summed E-state index contributed by atoms with van der Waals surface area (Å²) < 4.78 is 54.5. The lowest BCUT2D eigenvalue weighted by Crippen LogP contribution is -2.38. The van der Waals surface area contributed by atoms with Crippen LogP contribution in [0, 0.1) is 5.82 Å². The Kier molecular flexibility index (Phi) is 9.08. The SMILES string of the molecule is CCCn1cc(C(=O)N2CCC(c3cc(CNC(=O)C(F)(F)F)ccc3F)CC2)c2c(C(=O)N3CCCCC3)cccc21. The fraction of sp³-hybridized carbons (Fsp3) is 0.469. The Hall–Kier alpha value is -3.89. The zero-order valence-corrected chi connectivity index (χ0v) is 24.2. The van der Waals surface area contributed by atoms with Crippen molar-refractivity contribution in [2.45, 2.75) is 70.6 Å². The van der Waals surface area contributed by atoms with Gasteiger partial charge in [-0.3, -0.25) is 14.4 Å². The number of benzene rings is 2. The largest absolute Gasteiger partial charge is 0.471 e. The van der Waals surface area contributed by atoms with Crippen LogP contribution in [0.3, 0.4) is 0 Å². The molecule has 230 valence electrons. The van der Waals surface area contributed by atoms with Gasteiger partial charge < -0.3 is 19.7 Å². The number of halogens is 4. The fourth-order valence-corrected chi connectivity index (χ4v) is 6.25. The minimum Gasteiger partial charge on any atom is -0.347 e. The number of hydrogen-bond acceptors (Lipinski definition) is 3. The average molecular weight is 601 g/mol. The van der Waals surface area contributed by atoms with Gasteiger partial charge in [0.05, 0.1) is 5.56 Å². The normalized spacial score (nSPS) is 16.5. The summed E-state index contributed by atoms with van der Waals surface area (Å²) in [6, 6.07) is 9.64. The van der Waals surface area contributed by atoms with Crippen LogP contribution in [0.5, 0.6) is 0 Å². The molecule has 2 aromatic carbocycles. The van der Waals surface area contributed by atoms with Gasteiger partial charge in [0.25, 0.3) is 11.8 Å². The van der Waals surface area contributed by atoms with Gasteiger partial charge in [0, 0.05) is 61.9 Å². The van der Waals surface area contributed by atoms with Crippen LogP contribution in [-0.4, -0.2) is 64.4 Å². The quantitative estimate of drug-likeness (QED) is 0.338. The Morgan fingerprint density at radius 2 is 1.58 bits per heavy atom. The molecule has 43 heavy (non-hydrogen) atoms. The highest BCUT2D eigenvalue weighted by molar-refractivity contribution is 6.15. The summed E-state index contributed by atoms with van der Waals surface area (Å²) in [7, 11) is 0. The van der Waals surface area contributed by atoms with E-state index >= 15 is 0 Å². The summed E-state index contributed by atoms with van der Waals surface area (Å²) in [5, 5.41) is 2.48. The molecule has 0 atom stereocenters. The first-order valence-corrected chi connectivity index (χ1v) is 14.9. The second-order valence-electron chi connectivity index (χ2n) is 11.4. The van der Waals surface area contributed by atoms with E-state index in [1.807, 2.05) is 33.1 Å². The molecule has 0 saturated carbocycles. The molecule has 11 heteroatoms. The van der Waals surface area contributed by atoms with E-state index in [0.717, 1.165) is 31.2 Å². The van der Waals surface area contributed by atoms with Gasteiger partial charge in [-0.15, -0.1) is 0 Å². The lowest BCUT2D eigenvalue weighted by molar-refractivity contribution is -0.173. The van der Waals surface area contributed by atoms with Crippen molar-refractivity contribution in [1.29, 1.82) is 0 Å². The van der Waals surface area contributed by atoms with Crippen molar-refractivity contribution in [3.8, 4) is 0 Å². The molecule has 2 aliphatic heterocycles. The van der Waals surface area contributed by atoms with Gasteiger partial charge in [0.1, 0.15) is 5.82 Å². The molecule has 5 rings (SSSR count). The van der Waals surface area contributed by atoms with Crippen molar-refractivity contribution in [1.82, 2.24) is 19.7 Å². The Labute approximate surface area is 247 Å². The summed E-state index contributed by atoms with van der Waals surface area (Å²) in [6.45, 7) is 4.51. The Balaban J connectivity index is 1.34. The maximum atomic E-state index is 14.8. The van der Waals surface area contributed by atoms with Crippen LogP contribution in [0.2, 0.25) is 0 Å². The smallest absolute Gasteiger partial charge is 0.347 e. The van der Waals surface area contributed by atoms with Gasteiger partial charge in [0.15, 0.2) is 0 Å². The van der Waals surface area contributed by atoms with E-state index in [0.29, 0.717) is 73.2 Å². The van der Waals surface area contributed by atoms with Crippen LogP contribution < -0.4 is 5.32 Å². The third kappa shape index (κ3) is 6.55. The van der Waals surface area contributed by atoms with E-state index in [1.54, 1.807) is 11.0 Å². The summed E-state index contributed by atoms with van der Waals surface area (Å²) >= 11 is 0. The van der Waals surface area contributed by atoms with E-state index in [2.05, 4.69) is 6.92 Å². The average Bonchev–Trinajstić information content (AvgIpc) is 3.38. The number of aromatic nitrogens is 1. The number of likely N-dealkylation sites (tertiary alicyclic amines) is 2. The number of hydrogen-bond donors (Lipinski definition) is 1. The Morgan fingerprint density at radius 3 is 2.26 bits per heavy atom. The molecule has 0 bridgehead atoms. The third-order valence-corrected chi connectivity index (χ3v) is 8.47. The van der Waals surface area contributed by atoms with Crippen LogP contribution in [-0.2, 0) is 17.9 Å². The van der Waals surface area contributed by atoms with Gasteiger partial charge in [-0.2, -0.15) is 13.2 Å². The first-order valence-electron chi connectivity index (χ1n) is 14.9. The maximum absolute atomic E-state index is 14.8. The van der Waals surface area contributed by atoms with Crippen molar-refractivity contribution in [3.05, 3.63) is 70.7 Å². The van der Waals surface area contributed by atoms with Crippen molar-refractivity contribution in [2.75, 3.05) is 26.2 Å². The van der Waals surface area contributed by atoms with E-state index in [4.69, 9.17) is 0 Å². The molecular formula is C32H36F4N4O3. The van der Waals surface area contributed by atoms with Gasteiger partial charge in [-0.1, -0.05) is 25.1 Å². The van der Waals surface area contributed by atoms with E-state index in [9.17, 15) is 31.9 Å². The van der Waals surface area contributed by atoms with Gasteiger partial charge in [-0.25, -0.2) is 4.39 Å². The summed E-state index contributed by atoms with van der Waals surface area (Å²) in [5.74, 6) is -3.00. The zero-order valence-electron chi connectivity index (χ0n) is 24.2. The second-order valence-corrected chi connectivity index (χ2v) is 11.4. The number of carbonyl (C=O) groups excluding carboxylic acids is 3. The van der Waals surface area contributed by atoms with Gasteiger partial charge in [-0.05, 0) is 73.8 Å². The molecule has 2 fully saturated rings. The van der Waals surface area contributed by atoms with Gasteiger partial charge in [0.2, 0.25) is 0 Å². The number of amides is 3. The Bertz CT molecular complexity index is 1500. The van der Waals surface area contributed by atoms with Gasteiger partial charge >= 0.3 is 12.1 Å². The number of alkyl halides is 3. The molecule has 2 aliphatic rings. The van der Waals surface area contributed by atoms with Crippen LogP contribution in [0.15, 0.2) is 42.6 Å². The van der Waals surface area contributed by atoms with Crippen LogP contribution in [0.4, 0.5) is 17.6 Å². The van der Waals surface area contributed by atoms with Crippen LogP contribution in [0.25, 0.3) is 10.9 Å². The van der Waals surface area contributed by atoms with Crippen molar-refractivity contribution in [2.24, 2.45) is 0 Å². The van der Waals surface area contributed by atoms with E-state index in [1.165, 1.54) is 18.2 Å². The minimum atomic E-state index is -4.99. The van der Waals surface area contributed by atoms with Crippen LogP contribution in [0.1, 0.15) is 83.2 Å². The first-order chi connectivity index (χ1) is 20.6. The molecule has 0 radical (unpaired) electrons. The molecule has 1 aromatic heterocycles. The highest BCUT2D eigenvalue weighted by Gasteiger charge is 2.38. The van der Waals surface area contributed by atoms with Crippen LogP contribution >= 0.6 is 0 Å². The van der Waals surface area contributed by atoms with Crippen molar-refractivity contribution < 1.29 is 31.9 Å². The second kappa shape index (κ2) is 12.8. The third-order valence-electron chi connectivity index (χ3n) is 8.47. The molecule has 7 nitrogen and oxygen atoms in total. The predicted molar refractivity (Wildman–Crippen MR) is 154 cm³/mol. The van der Waals surface area contributed by atoms with E-state index < -0.39 is 17.9 Å². The monoisotopic (exact) mass is 600 g/mol. The molecule has 1 N–H and O–H groups in total. The van der Waals surface area contributed by atoms with Crippen molar-refractivity contribution in [3.63, 3.8) is 0 Å². The minimum absolute atomic E-state index is 0.0610. The zero-order chi connectivity index (χ0) is 30.7. The number of nitrogens with one attached hydrogen (secondary N) is 1. The van der Waals surface area contributed by atoms with E-state index in [-0.39, 0.29) is 24.3 Å². The fourth-order valence-electron chi connectivity index (χ4n) is 6.25. The topological polar surface area (TPSA) is 74.6 Å². The Morgan fingerprint density at radius 1 is 0.907 bits per heavy atom. The van der Waals surface area contributed by atoms with Crippen molar-refractivity contribution >= 4 is 28.6 Å². The molecule has 0 aliphatic carbocycles. The lowest BCUT2D eigenvalue weighted by Gasteiger charge is -2.32. The number of piperidine rings is 2. The number of carbonyl (C=O) groups is 3. The number of aryl methyl sites for hydroxylation is 1. The highest BCUT2D eigenvalue weighted by Crippen LogP contribution is 2.33.